The SMILES string of the molecule is CN(C)CCNC(=O)c1cccc(CNC(=O)C2(CN)CCOCC2)c1.Cl.Cl. The van der Waals surface area contributed by atoms with E-state index in [1.54, 1.807) is 6.07 Å². The smallest absolute Gasteiger partial charge is 0.251 e. The second kappa shape index (κ2) is 13.0. The van der Waals surface area contributed by atoms with Gasteiger partial charge < -0.3 is 26.0 Å². The Morgan fingerprint density at radius 1 is 1.18 bits per heavy atom. The normalized spacial score (nSPS) is 15.1. The van der Waals surface area contributed by atoms with E-state index in [4.69, 9.17) is 10.5 Å². The average molecular weight is 435 g/mol. The summed E-state index contributed by atoms with van der Waals surface area (Å²) >= 11 is 0. The van der Waals surface area contributed by atoms with Gasteiger partial charge in [0.15, 0.2) is 0 Å². The van der Waals surface area contributed by atoms with Crippen LogP contribution < -0.4 is 16.4 Å². The van der Waals surface area contributed by atoms with Crippen LogP contribution in [0.3, 0.4) is 0 Å². The van der Waals surface area contributed by atoms with Gasteiger partial charge in [-0.3, -0.25) is 9.59 Å². The highest BCUT2D eigenvalue weighted by molar-refractivity contribution is 5.94. The van der Waals surface area contributed by atoms with E-state index in [2.05, 4.69) is 10.6 Å². The highest BCUT2D eigenvalue weighted by atomic mass is 35.5. The van der Waals surface area contributed by atoms with E-state index in [1.165, 1.54) is 0 Å². The van der Waals surface area contributed by atoms with E-state index in [1.807, 2.05) is 37.2 Å². The van der Waals surface area contributed by atoms with Gasteiger partial charge in [-0.25, -0.2) is 0 Å². The number of likely N-dealkylation sites (N-methyl/N-ethyl adjacent to an activating group) is 1. The zero-order chi connectivity index (χ0) is 19.0. The van der Waals surface area contributed by atoms with Crippen molar-refractivity contribution in [3.8, 4) is 0 Å². The van der Waals surface area contributed by atoms with Gasteiger partial charge in [-0.15, -0.1) is 24.8 Å². The maximum absolute atomic E-state index is 12.6. The zero-order valence-electron chi connectivity index (χ0n) is 16.5. The van der Waals surface area contributed by atoms with Crippen LogP contribution >= 0.6 is 24.8 Å². The average Bonchev–Trinajstić information content (AvgIpc) is 2.66. The Bertz CT molecular complexity index is 623. The molecule has 28 heavy (non-hydrogen) atoms. The maximum Gasteiger partial charge on any atom is 0.251 e. The lowest BCUT2D eigenvalue weighted by molar-refractivity contribution is -0.136. The third kappa shape index (κ3) is 7.56. The molecule has 1 aliphatic rings. The fourth-order valence-corrected chi connectivity index (χ4v) is 2.97. The summed E-state index contributed by atoms with van der Waals surface area (Å²) in [7, 11) is 3.92. The molecule has 0 saturated carbocycles. The van der Waals surface area contributed by atoms with E-state index in [0.29, 0.717) is 51.3 Å². The summed E-state index contributed by atoms with van der Waals surface area (Å²) in [5.74, 6) is -0.146. The minimum absolute atomic E-state index is 0. The number of halogens is 2. The van der Waals surface area contributed by atoms with Crippen LogP contribution in [0, 0.1) is 5.41 Å². The molecule has 0 aromatic heterocycles. The Hall–Kier alpha value is -1.38. The molecule has 1 aromatic carbocycles. The van der Waals surface area contributed by atoms with E-state index in [-0.39, 0.29) is 36.6 Å². The topological polar surface area (TPSA) is 96.7 Å². The molecule has 7 nitrogen and oxygen atoms in total. The fraction of sp³-hybridized carbons (Fsp3) is 0.579. The molecule has 1 saturated heterocycles. The van der Waals surface area contributed by atoms with Gasteiger partial charge in [-0.05, 0) is 44.6 Å². The van der Waals surface area contributed by atoms with Crippen LogP contribution in [0.2, 0.25) is 0 Å². The van der Waals surface area contributed by atoms with Gasteiger partial charge in [0.05, 0.1) is 5.41 Å². The predicted octanol–water partition coefficient (Wildman–Crippen LogP) is 1.19. The number of rotatable bonds is 8. The molecule has 0 bridgehead atoms. The Morgan fingerprint density at radius 3 is 2.46 bits per heavy atom. The third-order valence-corrected chi connectivity index (χ3v) is 4.81. The summed E-state index contributed by atoms with van der Waals surface area (Å²) in [6.45, 7) is 3.19. The molecule has 0 atom stereocenters. The van der Waals surface area contributed by atoms with Crippen molar-refractivity contribution in [1.82, 2.24) is 15.5 Å². The number of carbonyl (C=O) groups is 2. The Balaban J connectivity index is 0.00000364. The minimum atomic E-state index is -0.542. The Morgan fingerprint density at radius 2 is 1.86 bits per heavy atom. The van der Waals surface area contributed by atoms with Gasteiger partial charge in [0.1, 0.15) is 0 Å². The number of hydrogen-bond acceptors (Lipinski definition) is 5. The zero-order valence-corrected chi connectivity index (χ0v) is 18.2. The largest absolute Gasteiger partial charge is 0.381 e. The quantitative estimate of drug-likeness (QED) is 0.570. The first-order valence-corrected chi connectivity index (χ1v) is 9.05. The molecule has 1 heterocycles. The Kier molecular flexibility index (Phi) is 12.3. The predicted molar refractivity (Wildman–Crippen MR) is 115 cm³/mol. The summed E-state index contributed by atoms with van der Waals surface area (Å²) in [5, 5.41) is 5.86. The van der Waals surface area contributed by atoms with Crippen LogP contribution in [0.1, 0.15) is 28.8 Å². The molecule has 160 valence electrons. The molecule has 0 spiro atoms. The van der Waals surface area contributed by atoms with Gasteiger partial charge in [0.2, 0.25) is 5.91 Å². The Labute approximate surface area is 179 Å². The molecule has 0 radical (unpaired) electrons. The van der Waals surface area contributed by atoms with Crippen LogP contribution in [0.4, 0.5) is 0 Å². The molecule has 0 unspecified atom stereocenters. The van der Waals surface area contributed by atoms with E-state index in [9.17, 15) is 9.59 Å². The molecular formula is C19H32Cl2N4O3. The van der Waals surface area contributed by atoms with Crippen molar-refractivity contribution in [3.05, 3.63) is 35.4 Å². The first-order chi connectivity index (χ1) is 12.5. The van der Waals surface area contributed by atoms with Crippen LogP contribution in [-0.4, -0.2) is 63.7 Å². The number of carbonyl (C=O) groups excluding carboxylic acids is 2. The molecule has 1 aromatic rings. The second-order valence-electron chi connectivity index (χ2n) is 7.04. The van der Waals surface area contributed by atoms with Crippen molar-refractivity contribution in [2.75, 3.05) is 46.9 Å². The summed E-state index contributed by atoms with van der Waals surface area (Å²) in [6.07, 6.45) is 1.29. The monoisotopic (exact) mass is 434 g/mol. The molecule has 2 amide bonds. The number of nitrogens with zero attached hydrogens (tertiary/aromatic N) is 1. The number of hydrogen-bond donors (Lipinski definition) is 3. The molecule has 1 aliphatic heterocycles. The van der Waals surface area contributed by atoms with Crippen molar-refractivity contribution >= 4 is 36.6 Å². The number of nitrogens with two attached hydrogens (primary N) is 1. The summed E-state index contributed by atoms with van der Waals surface area (Å²) < 4.78 is 5.35. The minimum Gasteiger partial charge on any atom is -0.381 e. The number of amides is 2. The molecule has 1 fully saturated rings. The number of benzene rings is 1. The summed E-state index contributed by atoms with van der Waals surface area (Å²) in [6, 6.07) is 7.31. The van der Waals surface area contributed by atoms with E-state index >= 15 is 0 Å². The summed E-state index contributed by atoms with van der Waals surface area (Å²) in [4.78, 5) is 26.8. The maximum atomic E-state index is 12.6. The van der Waals surface area contributed by atoms with Gasteiger partial charge in [-0.1, -0.05) is 12.1 Å². The molecule has 9 heteroatoms. The van der Waals surface area contributed by atoms with Crippen LogP contribution in [-0.2, 0) is 16.1 Å². The van der Waals surface area contributed by atoms with Crippen molar-refractivity contribution < 1.29 is 14.3 Å². The fourth-order valence-electron chi connectivity index (χ4n) is 2.97. The number of nitrogens with one attached hydrogen (secondary N) is 2. The van der Waals surface area contributed by atoms with Crippen LogP contribution in [0.25, 0.3) is 0 Å². The van der Waals surface area contributed by atoms with Crippen LogP contribution in [0.5, 0.6) is 0 Å². The van der Waals surface area contributed by atoms with Gasteiger partial charge >= 0.3 is 0 Å². The van der Waals surface area contributed by atoms with Gasteiger partial charge in [-0.2, -0.15) is 0 Å². The lowest BCUT2D eigenvalue weighted by Gasteiger charge is -2.34. The van der Waals surface area contributed by atoms with Crippen molar-refractivity contribution in [2.45, 2.75) is 19.4 Å². The van der Waals surface area contributed by atoms with Crippen molar-refractivity contribution in [2.24, 2.45) is 11.1 Å². The number of ether oxygens (including phenoxy) is 1. The standard InChI is InChI=1S/C19H30N4O3.2ClH/c1-23(2)9-8-21-17(24)16-5-3-4-15(12-16)13-22-18(25)19(14-20)6-10-26-11-7-19;;/h3-5,12H,6-11,13-14,20H2,1-2H3,(H,21,24)(H,22,25);2*1H. The summed E-state index contributed by atoms with van der Waals surface area (Å²) in [5.41, 5.74) is 6.80. The lowest BCUT2D eigenvalue weighted by Crippen LogP contribution is -2.48. The lowest BCUT2D eigenvalue weighted by atomic mass is 9.79. The van der Waals surface area contributed by atoms with Crippen molar-refractivity contribution in [3.63, 3.8) is 0 Å². The molecule has 2 rings (SSSR count). The first kappa shape index (κ1) is 26.6. The van der Waals surface area contributed by atoms with Crippen LogP contribution in [0.15, 0.2) is 24.3 Å². The van der Waals surface area contributed by atoms with Crippen molar-refractivity contribution in [1.29, 1.82) is 0 Å². The van der Waals surface area contributed by atoms with E-state index < -0.39 is 5.41 Å². The highest BCUT2D eigenvalue weighted by Gasteiger charge is 2.38. The molecule has 0 aliphatic carbocycles. The van der Waals surface area contributed by atoms with E-state index in [0.717, 1.165) is 12.1 Å². The second-order valence-corrected chi connectivity index (χ2v) is 7.04. The van der Waals surface area contributed by atoms with Gasteiger partial charge in [0.25, 0.3) is 5.91 Å². The highest BCUT2D eigenvalue weighted by Crippen LogP contribution is 2.29. The molecular weight excluding hydrogens is 403 g/mol. The first-order valence-electron chi connectivity index (χ1n) is 9.05. The third-order valence-electron chi connectivity index (χ3n) is 4.81. The van der Waals surface area contributed by atoms with Gasteiger partial charge in [0, 0.05) is 45.0 Å². The molecule has 4 N–H and O–H groups in total.